The molecular weight excluding hydrogens is 407 g/mol. The largest absolute Gasteiger partial charge is 0.506 e. The van der Waals surface area contributed by atoms with Crippen molar-refractivity contribution in [2.24, 2.45) is 11.1 Å². The van der Waals surface area contributed by atoms with E-state index in [4.69, 9.17) is 4.84 Å². The number of hydrogen-bond donors (Lipinski definition) is 1. The van der Waals surface area contributed by atoms with Gasteiger partial charge in [-0.1, -0.05) is 17.3 Å². The Morgan fingerprint density at radius 3 is 2.94 bits per heavy atom. The van der Waals surface area contributed by atoms with Crippen LogP contribution < -0.4 is 0 Å². The third-order valence-electron chi connectivity index (χ3n) is 6.78. The molecule has 6 nitrogen and oxygen atoms in total. The molecule has 0 radical (unpaired) electrons. The van der Waals surface area contributed by atoms with E-state index >= 15 is 0 Å². The van der Waals surface area contributed by atoms with Crippen molar-refractivity contribution in [3.8, 4) is 11.4 Å². The molecule has 1 fully saturated rings. The molecule has 7 heteroatoms. The van der Waals surface area contributed by atoms with E-state index in [0.717, 1.165) is 54.0 Å². The van der Waals surface area contributed by atoms with E-state index in [2.05, 4.69) is 15.0 Å². The van der Waals surface area contributed by atoms with Crippen LogP contribution in [-0.2, 0) is 17.0 Å². The fourth-order valence-corrected chi connectivity index (χ4v) is 5.36. The number of fused-ring (bicyclic) bond motifs is 1. The number of aromatic nitrogens is 2. The topological polar surface area (TPSA) is 62.9 Å². The number of amidine groups is 1. The molecule has 1 aliphatic carbocycles. The lowest BCUT2D eigenvalue weighted by Gasteiger charge is -2.42. The summed E-state index contributed by atoms with van der Waals surface area (Å²) in [6, 6.07) is 10.5. The number of aryl methyl sites for hydroxylation is 1. The number of piperidine rings is 1. The molecule has 1 N–H and O–H groups in total. The van der Waals surface area contributed by atoms with Crippen LogP contribution in [0, 0.1) is 18.7 Å². The lowest BCUT2D eigenvalue weighted by atomic mass is 9.86. The van der Waals surface area contributed by atoms with Gasteiger partial charge in [-0.2, -0.15) is 0 Å². The molecule has 0 unspecified atom stereocenters. The van der Waals surface area contributed by atoms with Crippen molar-refractivity contribution < 1.29 is 14.3 Å². The first-order valence-electron chi connectivity index (χ1n) is 10.9. The maximum Gasteiger partial charge on any atom is 0.240 e. The molecule has 162 valence electrons. The molecule has 1 spiro atoms. The fourth-order valence-electron chi connectivity index (χ4n) is 5.36. The van der Waals surface area contributed by atoms with Crippen LogP contribution in [0.5, 0.6) is 5.75 Å². The predicted octanol–water partition coefficient (Wildman–Crippen LogP) is 4.50. The van der Waals surface area contributed by atoms with Crippen molar-refractivity contribution in [2.45, 2.75) is 31.9 Å². The average Bonchev–Trinajstić information content (AvgIpc) is 3.45. The number of benzene rings is 2. The van der Waals surface area contributed by atoms with Crippen LogP contribution in [0.4, 0.5) is 4.39 Å². The quantitative estimate of drug-likeness (QED) is 0.665. The van der Waals surface area contributed by atoms with Gasteiger partial charge in [-0.05, 0) is 73.7 Å². The zero-order valence-electron chi connectivity index (χ0n) is 17.7. The number of imidazole rings is 1. The van der Waals surface area contributed by atoms with E-state index in [0.29, 0.717) is 5.69 Å². The van der Waals surface area contributed by atoms with Gasteiger partial charge in [-0.25, -0.2) is 9.37 Å². The van der Waals surface area contributed by atoms with E-state index < -0.39 is 5.72 Å². The Labute approximate surface area is 185 Å². The lowest BCUT2D eigenvalue weighted by Crippen LogP contribution is -2.52. The van der Waals surface area contributed by atoms with Crippen molar-refractivity contribution in [1.29, 1.82) is 0 Å². The van der Waals surface area contributed by atoms with Crippen LogP contribution in [0.25, 0.3) is 11.8 Å². The monoisotopic (exact) mass is 430 g/mol. The standard InChI is InChI=1S/C25H23FN4O2/c1-16-14-29(15-27-16)22-8-4-17(11-23(22)31)5-9-24-28-32-25-19(3-2-10-30(24)25)12-18-13-20(26)6-7-21(18)25/h4-9,11,13-15,19,31H,2-3,10,12H2,1H3/b9-5+/t19-,25+/m0/s1. The van der Waals surface area contributed by atoms with Gasteiger partial charge in [0.1, 0.15) is 11.6 Å². The Hall–Kier alpha value is -3.61. The second kappa shape index (κ2) is 6.95. The number of hydrogen-bond acceptors (Lipinski definition) is 5. The zero-order valence-corrected chi connectivity index (χ0v) is 17.7. The van der Waals surface area contributed by atoms with Crippen LogP contribution in [-0.4, -0.2) is 31.9 Å². The molecule has 3 aromatic rings. The van der Waals surface area contributed by atoms with Gasteiger partial charge in [0.15, 0.2) is 5.84 Å². The van der Waals surface area contributed by atoms with E-state index in [1.54, 1.807) is 23.0 Å². The van der Waals surface area contributed by atoms with Gasteiger partial charge < -0.3 is 19.4 Å². The molecule has 2 aliphatic heterocycles. The smallest absolute Gasteiger partial charge is 0.240 e. The first kappa shape index (κ1) is 19.1. The summed E-state index contributed by atoms with van der Waals surface area (Å²) in [7, 11) is 0. The highest BCUT2D eigenvalue weighted by atomic mass is 19.1. The maximum absolute atomic E-state index is 13.8. The highest BCUT2D eigenvalue weighted by Gasteiger charge is 2.58. The normalized spacial score (nSPS) is 23.6. The lowest BCUT2D eigenvalue weighted by molar-refractivity contribution is -0.155. The number of nitrogens with zero attached hydrogens (tertiary/aromatic N) is 4. The molecule has 1 saturated heterocycles. The van der Waals surface area contributed by atoms with Gasteiger partial charge in [0.2, 0.25) is 5.72 Å². The molecule has 0 amide bonds. The molecule has 0 saturated carbocycles. The van der Waals surface area contributed by atoms with Gasteiger partial charge in [-0.3, -0.25) is 0 Å². The molecule has 2 aromatic carbocycles. The SMILES string of the molecule is Cc1cn(-c2ccc(/C=C/C3=NO[C@@]45c6ccc(F)cc6C[C@@H]4CCCN35)cc2O)cn1. The molecular formula is C25H23FN4O2. The third-order valence-corrected chi connectivity index (χ3v) is 6.78. The minimum absolute atomic E-state index is 0.176. The molecule has 1 aromatic heterocycles. The fraction of sp³-hybridized carbons (Fsp3) is 0.280. The summed E-state index contributed by atoms with van der Waals surface area (Å²) < 4.78 is 15.6. The Balaban J connectivity index is 1.28. The van der Waals surface area contributed by atoms with Crippen LogP contribution in [0.1, 0.15) is 35.2 Å². The van der Waals surface area contributed by atoms with E-state index in [1.807, 2.05) is 43.5 Å². The summed E-state index contributed by atoms with van der Waals surface area (Å²) in [5.74, 6) is 0.972. The molecule has 3 aliphatic rings. The summed E-state index contributed by atoms with van der Waals surface area (Å²) in [4.78, 5) is 12.5. The van der Waals surface area contributed by atoms with Gasteiger partial charge in [0.05, 0.1) is 17.7 Å². The Morgan fingerprint density at radius 1 is 1.22 bits per heavy atom. The summed E-state index contributed by atoms with van der Waals surface area (Å²) in [6.45, 7) is 2.74. The zero-order chi connectivity index (χ0) is 21.9. The highest BCUT2D eigenvalue weighted by molar-refractivity contribution is 5.97. The molecule has 3 heterocycles. The van der Waals surface area contributed by atoms with Crippen LogP contribution in [0.15, 0.2) is 60.2 Å². The summed E-state index contributed by atoms with van der Waals surface area (Å²) >= 11 is 0. The highest BCUT2D eigenvalue weighted by Crippen LogP contribution is 2.53. The average molecular weight is 430 g/mol. The second-order valence-corrected chi connectivity index (χ2v) is 8.74. The molecule has 32 heavy (non-hydrogen) atoms. The Kier molecular flexibility index (Phi) is 4.15. The van der Waals surface area contributed by atoms with Crippen molar-refractivity contribution in [3.63, 3.8) is 0 Å². The van der Waals surface area contributed by atoms with Crippen molar-refractivity contribution >= 4 is 11.9 Å². The third kappa shape index (κ3) is 2.77. The maximum atomic E-state index is 13.8. The second-order valence-electron chi connectivity index (χ2n) is 8.74. The van der Waals surface area contributed by atoms with Crippen LogP contribution in [0.2, 0.25) is 0 Å². The van der Waals surface area contributed by atoms with E-state index in [-0.39, 0.29) is 17.5 Å². The number of oxime groups is 1. The predicted molar refractivity (Wildman–Crippen MR) is 119 cm³/mol. The molecule has 0 bridgehead atoms. The van der Waals surface area contributed by atoms with Gasteiger partial charge in [0.25, 0.3) is 0 Å². The Morgan fingerprint density at radius 2 is 2.12 bits per heavy atom. The number of phenols is 1. The molecule has 2 atom stereocenters. The van der Waals surface area contributed by atoms with E-state index in [9.17, 15) is 9.50 Å². The minimum atomic E-state index is -0.633. The van der Waals surface area contributed by atoms with Crippen molar-refractivity contribution in [2.75, 3.05) is 6.54 Å². The van der Waals surface area contributed by atoms with Crippen LogP contribution in [0.3, 0.4) is 0 Å². The van der Waals surface area contributed by atoms with E-state index in [1.165, 1.54) is 6.07 Å². The number of phenolic OH excluding ortho intramolecular Hbond substituents is 1. The number of halogens is 1. The van der Waals surface area contributed by atoms with Gasteiger partial charge >= 0.3 is 0 Å². The van der Waals surface area contributed by atoms with Gasteiger partial charge in [0, 0.05) is 24.2 Å². The summed E-state index contributed by atoms with van der Waals surface area (Å²) in [6.07, 6.45) is 10.3. The Bertz CT molecular complexity index is 1280. The molecule has 6 rings (SSSR count). The van der Waals surface area contributed by atoms with Crippen molar-refractivity contribution in [1.82, 2.24) is 14.5 Å². The van der Waals surface area contributed by atoms with Gasteiger partial charge in [-0.15, -0.1) is 0 Å². The summed E-state index contributed by atoms with van der Waals surface area (Å²) in [5.41, 5.74) is 3.82. The van der Waals surface area contributed by atoms with Crippen molar-refractivity contribution in [3.05, 3.63) is 83.2 Å². The first-order valence-corrected chi connectivity index (χ1v) is 10.9. The number of aromatic hydroxyl groups is 1. The summed E-state index contributed by atoms with van der Waals surface area (Å²) in [5, 5.41) is 14.9. The number of rotatable bonds is 3. The van der Waals surface area contributed by atoms with Crippen LogP contribution >= 0.6 is 0 Å². The first-order chi connectivity index (χ1) is 15.5. The minimum Gasteiger partial charge on any atom is -0.506 e.